The third-order valence-corrected chi connectivity index (χ3v) is 2.96. The fourth-order valence-corrected chi connectivity index (χ4v) is 1.95. The van der Waals surface area contributed by atoms with Crippen molar-refractivity contribution in [1.82, 2.24) is 4.90 Å². The number of carbonyl (C=O) groups excluding carboxylic acids is 1. The first kappa shape index (κ1) is 14.6. The van der Waals surface area contributed by atoms with Gasteiger partial charge in [0.05, 0.1) is 0 Å². The third-order valence-electron chi connectivity index (χ3n) is 2.96. The summed E-state index contributed by atoms with van der Waals surface area (Å²) in [4.78, 5) is 12.8. The van der Waals surface area contributed by atoms with Gasteiger partial charge in [-0.1, -0.05) is 30.3 Å². The number of alkyl halides is 3. The largest absolute Gasteiger partial charge is 0.491 e. The van der Waals surface area contributed by atoms with Gasteiger partial charge in [0.25, 0.3) is 0 Å². The Hall–Kier alpha value is -1.82. The molecule has 0 saturated carbocycles. The van der Waals surface area contributed by atoms with Crippen LogP contribution < -0.4 is 0 Å². The molecule has 0 bridgehead atoms. The first-order valence-corrected chi connectivity index (χ1v) is 6.19. The normalized spacial score (nSPS) is 16.6. The molecule has 1 heterocycles. The molecule has 0 spiro atoms. The quantitative estimate of drug-likeness (QED) is 0.800. The topological polar surface area (TPSA) is 29.5 Å². The van der Waals surface area contributed by atoms with Crippen molar-refractivity contribution < 1.29 is 22.7 Å². The lowest BCUT2D eigenvalue weighted by atomic mass is 10.1. The van der Waals surface area contributed by atoms with E-state index in [0.717, 1.165) is 12.1 Å². The van der Waals surface area contributed by atoms with Crippen molar-refractivity contribution >= 4 is 5.97 Å². The molecule has 0 amide bonds. The van der Waals surface area contributed by atoms with Gasteiger partial charge in [-0.3, -0.25) is 4.90 Å². The molecule has 1 aromatic rings. The predicted octanol–water partition coefficient (Wildman–Crippen LogP) is 2.88. The zero-order valence-electron chi connectivity index (χ0n) is 10.7. The number of hydrogen-bond acceptors (Lipinski definition) is 3. The van der Waals surface area contributed by atoms with Crippen LogP contribution in [-0.4, -0.2) is 30.1 Å². The van der Waals surface area contributed by atoms with Crippen molar-refractivity contribution in [2.45, 2.75) is 19.1 Å². The van der Waals surface area contributed by atoms with Crippen molar-refractivity contribution in [2.75, 3.05) is 13.1 Å². The Morgan fingerprint density at radius 2 is 1.95 bits per heavy atom. The van der Waals surface area contributed by atoms with Gasteiger partial charge in [0.15, 0.2) is 0 Å². The van der Waals surface area contributed by atoms with Crippen molar-refractivity contribution in [2.24, 2.45) is 0 Å². The van der Waals surface area contributed by atoms with Crippen LogP contribution in [0, 0.1) is 0 Å². The van der Waals surface area contributed by atoms with Crippen LogP contribution in [-0.2, 0) is 16.1 Å². The lowest BCUT2D eigenvalue weighted by Gasteiger charge is -2.25. The van der Waals surface area contributed by atoms with Crippen LogP contribution >= 0.6 is 0 Å². The van der Waals surface area contributed by atoms with Crippen LogP contribution in [0.25, 0.3) is 0 Å². The van der Waals surface area contributed by atoms with Crippen molar-refractivity contribution in [1.29, 1.82) is 0 Å². The first-order chi connectivity index (χ1) is 9.45. The molecule has 0 unspecified atom stereocenters. The van der Waals surface area contributed by atoms with Gasteiger partial charge in [0.1, 0.15) is 5.76 Å². The highest BCUT2D eigenvalue weighted by Gasteiger charge is 2.41. The van der Waals surface area contributed by atoms with E-state index in [0.29, 0.717) is 19.5 Å². The molecule has 0 aromatic heterocycles. The highest BCUT2D eigenvalue weighted by molar-refractivity contribution is 5.76. The van der Waals surface area contributed by atoms with Gasteiger partial charge in [-0.25, -0.2) is 4.79 Å². The Labute approximate surface area is 114 Å². The van der Waals surface area contributed by atoms with E-state index in [9.17, 15) is 18.0 Å². The molecule has 1 aliphatic rings. The van der Waals surface area contributed by atoms with Crippen LogP contribution in [0.15, 0.2) is 42.2 Å². The molecular formula is C14H14F3NO2. The van der Waals surface area contributed by atoms with Gasteiger partial charge in [-0.15, -0.1) is 0 Å². The minimum Gasteiger partial charge on any atom is -0.425 e. The molecule has 6 heteroatoms. The van der Waals surface area contributed by atoms with Crippen LogP contribution in [0.1, 0.15) is 12.0 Å². The maximum atomic E-state index is 12.1. The van der Waals surface area contributed by atoms with Crippen LogP contribution in [0.2, 0.25) is 0 Å². The van der Waals surface area contributed by atoms with E-state index in [1.54, 1.807) is 0 Å². The van der Waals surface area contributed by atoms with E-state index in [4.69, 9.17) is 0 Å². The molecule has 0 atom stereocenters. The van der Waals surface area contributed by atoms with E-state index < -0.39 is 12.1 Å². The average molecular weight is 285 g/mol. The summed E-state index contributed by atoms with van der Waals surface area (Å²) in [5, 5.41) is 0. The molecule has 1 aliphatic heterocycles. The second kappa shape index (κ2) is 6.09. The van der Waals surface area contributed by atoms with Gasteiger partial charge in [-0.05, 0) is 11.6 Å². The maximum absolute atomic E-state index is 12.1. The second-order valence-electron chi connectivity index (χ2n) is 4.53. The number of ether oxygens (including phenoxy) is 1. The van der Waals surface area contributed by atoms with Crippen molar-refractivity contribution in [3.8, 4) is 0 Å². The smallest absolute Gasteiger partial charge is 0.425 e. The molecule has 0 fully saturated rings. The second-order valence-corrected chi connectivity index (χ2v) is 4.53. The fourth-order valence-electron chi connectivity index (χ4n) is 1.95. The van der Waals surface area contributed by atoms with Crippen LogP contribution in [0.5, 0.6) is 0 Å². The molecule has 0 aliphatic carbocycles. The number of esters is 1. The van der Waals surface area contributed by atoms with E-state index in [2.05, 4.69) is 9.64 Å². The SMILES string of the molecule is O=C(OC1=CCN(Cc2ccccc2)CC1)C(F)(F)F. The van der Waals surface area contributed by atoms with Crippen molar-refractivity contribution in [3.05, 3.63) is 47.7 Å². The Kier molecular flexibility index (Phi) is 4.44. The number of benzene rings is 1. The Balaban J connectivity index is 1.86. The summed E-state index contributed by atoms with van der Waals surface area (Å²) in [6.45, 7) is 1.75. The zero-order valence-corrected chi connectivity index (χ0v) is 10.7. The molecule has 108 valence electrons. The third kappa shape index (κ3) is 4.09. The lowest BCUT2D eigenvalue weighted by molar-refractivity contribution is -0.195. The van der Waals surface area contributed by atoms with Gasteiger partial charge in [0.2, 0.25) is 0 Å². The van der Waals surface area contributed by atoms with Gasteiger partial charge in [0, 0.05) is 26.1 Å². The highest BCUT2D eigenvalue weighted by Crippen LogP contribution is 2.21. The minimum atomic E-state index is -4.94. The molecule has 0 saturated heterocycles. The predicted molar refractivity (Wildman–Crippen MR) is 66.6 cm³/mol. The fraction of sp³-hybridized carbons (Fsp3) is 0.357. The van der Waals surface area contributed by atoms with Gasteiger partial charge >= 0.3 is 12.1 Å². The van der Waals surface area contributed by atoms with Crippen molar-refractivity contribution in [3.63, 3.8) is 0 Å². The first-order valence-electron chi connectivity index (χ1n) is 6.19. The summed E-state index contributed by atoms with van der Waals surface area (Å²) in [5.74, 6) is -2.06. The number of hydrogen-bond donors (Lipinski definition) is 0. The summed E-state index contributed by atoms with van der Waals surface area (Å²) in [6, 6.07) is 9.78. The summed E-state index contributed by atoms with van der Waals surface area (Å²) >= 11 is 0. The standard InChI is InChI=1S/C14H14F3NO2/c15-14(16,17)13(19)20-12-6-8-18(9-7-12)10-11-4-2-1-3-5-11/h1-6H,7-10H2. The molecular weight excluding hydrogens is 271 g/mol. The molecule has 2 rings (SSSR count). The monoisotopic (exact) mass is 285 g/mol. The molecule has 20 heavy (non-hydrogen) atoms. The summed E-state index contributed by atoms with van der Waals surface area (Å²) in [7, 11) is 0. The number of rotatable bonds is 3. The summed E-state index contributed by atoms with van der Waals surface area (Å²) < 4.78 is 40.5. The minimum absolute atomic E-state index is 0.0941. The number of halogens is 3. The molecule has 0 radical (unpaired) electrons. The highest BCUT2D eigenvalue weighted by atomic mass is 19.4. The zero-order chi connectivity index (χ0) is 14.6. The Bertz CT molecular complexity index is 497. The summed E-state index contributed by atoms with van der Waals surface area (Å²) in [6.07, 6.45) is -3.12. The van der Waals surface area contributed by atoms with Gasteiger partial charge < -0.3 is 4.74 Å². The number of carbonyl (C=O) groups is 1. The van der Waals surface area contributed by atoms with E-state index in [-0.39, 0.29) is 5.76 Å². The van der Waals surface area contributed by atoms with E-state index in [1.807, 2.05) is 30.3 Å². The molecule has 1 aromatic carbocycles. The maximum Gasteiger partial charge on any atom is 0.491 e. The molecule has 0 N–H and O–H groups in total. The Morgan fingerprint density at radius 1 is 1.25 bits per heavy atom. The summed E-state index contributed by atoms with van der Waals surface area (Å²) in [5.41, 5.74) is 1.14. The number of nitrogens with zero attached hydrogens (tertiary/aromatic N) is 1. The van der Waals surface area contributed by atoms with E-state index in [1.165, 1.54) is 6.08 Å². The van der Waals surface area contributed by atoms with Crippen LogP contribution in [0.4, 0.5) is 13.2 Å². The van der Waals surface area contributed by atoms with Crippen LogP contribution in [0.3, 0.4) is 0 Å². The average Bonchev–Trinajstić information content (AvgIpc) is 2.41. The molecule has 3 nitrogen and oxygen atoms in total. The Morgan fingerprint density at radius 3 is 2.50 bits per heavy atom. The lowest BCUT2D eigenvalue weighted by Crippen LogP contribution is -2.31. The van der Waals surface area contributed by atoms with E-state index >= 15 is 0 Å². The van der Waals surface area contributed by atoms with Gasteiger partial charge in [-0.2, -0.15) is 13.2 Å².